The fourth-order valence-corrected chi connectivity index (χ4v) is 5.78. The van der Waals surface area contributed by atoms with Gasteiger partial charge in [0.05, 0.1) is 13.2 Å². The molecule has 0 N–H and O–H groups in total. The Morgan fingerprint density at radius 2 is 0.638 bits per heavy atom. The summed E-state index contributed by atoms with van der Waals surface area (Å²) in [5.41, 5.74) is 16.8. The lowest BCUT2D eigenvalue weighted by atomic mass is 10.1. The predicted molar refractivity (Wildman–Crippen MR) is 199 cm³/mol. The molecule has 0 aliphatic carbocycles. The lowest BCUT2D eigenvalue weighted by Gasteiger charge is -2.26. The van der Waals surface area contributed by atoms with Gasteiger partial charge in [-0.1, -0.05) is 71.8 Å². The third kappa shape index (κ3) is 7.48. The highest BCUT2D eigenvalue weighted by Crippen LogP contribution is 2.37. The molecule has 0 aliphatic rings. The van der Waals surface area contributed by atoms with Crippen molar-refractivity contribution < 1.29 is 4.74 Å². The summed E-state index contributed by atoms with van der Waals surface area (Å²) in [4.78, 5) is 4.63. The second-order valence-electron chi connectivity index (χ2n) is 12.7. The Hall–Kier alpha value is -5.12. The van der Waals surface area contributed by atoms with E-state index in [4.69, 9.17) is 4.74 Å². The van der Waals surface area contributed by atoms with Crippen LogP contribution in [0, 0.1) is 41.5 Å². The average Bonchev–Trinajstić information content (AvgIpc) is 3.08. The molecule has 0 bridgehead atoms. The first-order valence-electron chi connectivity index (χ1n) is 16.4. The van der Waals surface area contributed by atoms with Crippen molar-refractivity contribution in [2.75, 3.05) is 9.80 Å². The van der Waals surface area contributed by atoms with Gasteiger partial charge >= 0.3 is 0 Å². The van der Waals surface area contributed by atoms with Crippen molar-refractivity contribution >= 4 is 34.1 Å². The molecule has 6 aromatic carbocycles. The van der Waals surface area contributed by atoms with E-state index in [9.17, 15) is 0 Å². The molecule has 0 amide bonds. The maximum Gasteiger partial charge on any atom is 0.0721 e. The zero-order chi connectivity index (χ0) is 32.9. The van der Waals surface area contributed by atoms with Crippen LogP contribution in [0.5, 0.6) is 0 Å². The van der Waals surface area contributed by atoms with Crippen LogP contribution in [0.3, 0.4) is 0 Å². The molecule has 6 rings (SSSR count). The maximum atomic E-state index is 6.20. The molecule has 3 heteroatoms. The largest absolute Gasteiger partial charge is 0.372 e. The molecule has 0 heterocycles. The molecular weight excluding hydrogens is 572 g/mol. The second kappa shape index (κ2) is 14.1. The quantitative estimate of drug-likeness (QED) is 0.152. The smallest absolute Gasteiger partial charge is 0.0721 e. The van der Waals surface area contributed by atoms with Crippen LogP contribution in [-0.2, 0) is 18.0 Å². The third-order valence-electron chi connectivity index (χ3n) is 9.01. The summed E-state index contributed by atoms with van der Waals surface area (Å²) in [6.45, 7) is 14.0. The number of anilines is 6. The van der Waals surface area contributed by atoms with E-state index in [1.165, 1.54) is 33.4 Å². The van der Waals surface area contributed by atoms with Crippen molar-refractivity contribution in [2.45, 2.75) is 54.8 Å². The monoisotopic (exact) mass is 616 g/mol. The fraction of sp³-hybridized carbons (Fsp3) is 0.182. The van der Waals surface area contributed by atoms with Gasteiger partial charge in [-0.3, -0.25) is 0 Å². The molecule has 47 heavy (non-hydrogen) atoms. The summed E-state index contributed by atoms with van der Waals surface area (Å²) >= 11 is 0. The summed E-state index contributed by atoms with van der Waals surface area (Å²) in [6, 6.07) is 48.2. The maximum absolute atomic E-state index is 6.20. The molecule has 0 fully saturated rings. The van der Waals surface area contributed by atoms with Crippen molar-refractivity contribution in [3.8, 4) is 0 Å². The number of hydrogen-bond acceptors (Lipinski definition) is 3. The molecule has 0 saturated heterocycles. The van der Waals surface area contributed by atoms with E-state index in [0.717, 1.165) is 45.3 Å². The van der Waals surface area contributed by atoms with Crippen LogP contribution in [-0.4, -0.2) is 0 Å². The van der Waals surface area contributed by atoms with Crippen molar-refractivity contribution in [1.29, 1.82) is 0 Å². The van der Waals surface area contributed by atoms with Crippen LogP contribution in [0.2, 0.25) is 0 Å². The van der Waals surface area contributed by atoms with Crippen LogP contribution in [0.1, 0.15) is 44.5 Å². The Morgan fingerprint density at radius 3 is 0.957 bits per heavy atom. The Bertz CT molecular complexity index is 1800. The van der Waals surface area contributed by atoms with Gasteiger partial charge in [-0.05, 0) is 148 Å². The first-order chi connectivity index (χ1) is 22.7. The predicted octanol–water partition coefficient (Wildman–Crippen LogP) is 12.2. The second-order valence-corrected chi connectivity index (χ2v) is 12.7. The summed E-state index contributed by atoms with van der Waals surface area (Å²) < 4.78 is 6.20. The molecule has 0 saturated carbocycles. The lowest BCUT2D eigenvalue weighted by molar-refractivity contribution is 0.107. The molecule has 0 aliphatic heterocycles. The number of rotatable bonds is 10. The van der Waals surface area contributed by atoms with Crippen molar-refractivity contribution in [3.05, 3.63) is 178 Å². The highest BCUT2D eigenvalue weighted by molar-refractivity contribution is 5.78. The van der Waals surface area contributed by atoms with Crippen LogP contribution in [0.4, 0.5) is 34.1 Å². The summed E-state index contributed by atoms with van der Waals surface area (Å²) in [5, 5.41) is 0. The van der Waals surface area contributed by atoms with E-state index in [1.807, 2.05) is 0 Å². The summed E-state index contributed by atoms with van der Waals surface area (Å²) in [7, 11) is 0. The summed E-state index contributed by atoms with van der Waals surface area (Å²) in [6.07, 6.45) is 0. The van der Waals surface area contributed by atoms with Gasteiger partial charge in [-0.2, -0.15) is 0 Å². The van der Waals surface area contributed by atoms with Crippen molar-refractivity contribution in [3.63, 3.8) is 0 Å². The Morgan fingerprint density at radius 1 is 0.340 bits per heavy atom. The van der Waals surface area contributed by atoms with Crippen LogP contribution in [0.15, 0.2) is 133 Å². The zero-order valence-corrected chi connectivity index (χ0v) is 28.4. The van der Waals surface area contributed by atoms with Crippen molar-refractivity contribution in [2.24, 2.45) is 0 Å². The Kier molecular flexibility index (Phi) is 9.56. The standard InChI is InChI=1S/C44H44N2O/c1-31-7-17-39(18-8-31)45(43-21-11-33(3)35(5)27-43)41-23-13-37(14-24-41)29-47-30-38-15-25-42(26-16-38)46(40-19-9-32(2)10-20-40)44-22-12-34(4)36(6)28-44/h7-28H,29-30H2,1-6H3. The Balaban J connectivity index is 1.15. The lowest BCUT2D eigenvalue weighted by Crippen LogP contribution is -2.10. The van der Waals surface area contributed by atoms with E-state index in [-0.39, 0.29) is 0 Å². The molecule has 0 radical (unpaired) electrons. The van der Waals surface area contributed by atoms with Gasteiger partial charge in [0, 0.05) is 34.1 Å². The van der Waals surface area contributed by atoms with Crippen LogP contribution < -0.4 is 9.80 Å². The molecule has 0 unspecified atom stereocenters. The zero-order valence-electron chi connectivity index (χ0n) is 28.4. The van der Waals surface area contributed by atoms with E-state index >= 15 is 0 Å². The molecule has 0 aromatic heterocycles. The van der Waals surface area contributed by atoms with Crippen LogP contribution >= 0.6 is 0 Å². The van der Waals surface area contributed by atoms with Crippen molar-refractivity contribution in [1.82, 2.24) is 0 Å². The first-order valence-corrected chi connectivity index (χ1v) is 16.4. The number of hydrogen-bond donors (Lipinski definition) is 0. The minimum Gasteiger partial charge on any atom is -0.372 e. The van der Waals surface area contributed by atoms with Gasteiger partial charge in [0.15, 0.2) is 0 Å². The minimum absolute atomic E-state index is 0.550. The number of aryl methyl sites for hydroxylation is 6. The van der Waals surface area contributed by atoms with Gasteiger partial charge in [0.2, 0.25) is 0 Å². The Labute approximate surface area is 280 Å². The fourth-order valence-electron chi connectivity index (χ4n) is 5.78. The topological polar surface area (TPSA) is 15.7 Å². The van der Waals surface area contributed by atoms with E-state index in [2.05, 4.69) is 185 Å². The molecular formula is C44H44N2O. The van der Waals surface area contributed by atoms with Crippen LogP contribution in [0.25, 0.3) is 0 Å². The molecule has 0 atom stereocenters. The van der Waals surface area contributed by atoms with Gasteiger partial charge in [-0.15, -0.1) is 0 Å². The van der Waals surface area contributed by atoms with Gasteiger partial charge in [0.1, 0.15) is 0 Å². The molecule has 6 aromatic rings. The molecule has 236 valence electrons. The average molecular weight is 617 g/mol. The van der Waals surface area contributed by atoms with Gasteiger partial charge in [-0.25, -0.2) is 0 Å². The molecule has 3 nitrogen and oxygen atoms in total. The molecule has 0 spiro atoms. The normalized spacial score (nSPS) is 11.0. The van der Waals surface area contributed by atoms with Gasteiger partial charge < -0.3 is 14.5 Å². The number of ether oxygens (including phenoxy) is 1. The third-order valence-corrected chi connectivity index (χ3v) is 9.01. The van der Waals surface area contributed by atoms with Gasteiger partial charge in [0.25, 0.3) is 0 Å². The van der Waals surface area contributed by atoms with E-state index in [1.54, 1.807) is 0 Å². The SMILES string of the molecule is Cc1ccc(N(c2ccc(COCc3ccc(N(c4ccc(C)cc4)c4ccc(C)c(C)c4)cc3)cc2)c2ccc(C)c(C)c2)cc1. The minimum atomic E-state index is 0.550. The number of benzene rings is 6. The first kappa shape index (κ1) is 31.8. The van der Waals surface area contributed by atoms with E-state index < -0.39 is 0 Å². The summed E-state index contributed by atoms with van der Waals surface area (Å²) in [5.74, 6) is 0. The highest BCUT2D eigenvalue weighted by Gasteiger charge is 2.15. The number of nitrogens with zero attached hydrogens (tertiary/aromatic N) is 2. The highest BCUT2D eigenvalue weighted by atomic mass is 16.5. The van der Waals surface area contributed by atoms with E-state index in [0.29, 0.717) is 13.2 Å².